The third kappa shape index (κ3) is 3.06. The lowest BCUT2D eigenvalue weighted by Gasteiger charge is -2.35. The van der Waals surface area contributed by atoms with E-state index in [4.69, 9.17) is 0 Å². The first-order chi connectivity index (χ1) is 11.1. The van der Waals surface area contributed by atoms with Crippen molar-refractivity contribution in [3.63, 3.8) is 0 Å². The maximum Gasteiger partial charge on any atom is 0.319 e. The Bertz CT molecular complexity index is 672. The number of rotatable bonds is 2. The van der Waals surface area contributed by atoms with Crippen LogP contribution < -0.4 is 0 Å². The van der Waals surface area contributed by atoms with E-state index in [1.807, 2.05) is 23.2 Å². The molecule has 1 aliphatic rings. The number of hydrogen-bond donors (Lipinski definition) is 0. The second kappa shape index (κ2) is 6.40. The SMILES string of the molecule is Cc1cnc(-c2ccncc2)n1C1CCN(C(=O)N(C)C)CC1. The van der Waals surface area contributed by atoms with Crippen LogP contribution >= 0.6 is 0 Å². The summed E-state index contributed by atoms with van der Waals surface area (Å²) in [6.45, 7) is 3.67. The molecule has 0 N–H and O–H groups in total. The quantitative estimate of drug-likeness (QED) is 0.856. The predicted molar refractivity (Wildman–Crippen MR) is 89.1 cm³/mol. The maximum atomic E-state index is 12.1. The Hall–Kier alpha value is -2.37. The third-order valence-electron chi connectivity index (χ3n) is 4.40. The lowest BCUT2D eigenvalue weighted by atomic mass is 10.0. The number of carbonyl (C=O) groups is 1. The number of urea groups is 1. The molecule has 1 aliphatic heterocycles. The number of piperidine rings is 1. The Kier molecular flexibility index (Phi) is 4.32. The summed E-state index contributed by atoms with van der Waals surface area (Å²) in [6, 6.07) is 4.46. The van der Waals surface area contributed by atoms with Crippen molar-refractivity contribution >= 4 is 6.03 Å². The minimum atomic E-state index is 0.0974. The highest BCUT2D eigenvalue weighted by molar-refractivity contribution is 5.73. The minimum absolute atomic E-state index is 0.0974. The molecule has 0 saturated carbocycles. The van der Waals surface area contributed by atoms with Gasteiger partial charge in [-0.15, -0.1) is 0 Å². The molecular weight excluding hydrogens is 290 g/mol. The molecule has 6 heteroatoms. The highest BCUT2D eigenvalue weighted by Crippen LogP contribution is 2.30. The van der Waals surface area contributed by atoms with E-state index >= 15 is 0 Å². The average Bonchev–Trinajstić information content (AvgIpc) is 2.96. The van der Waals surface area contributed by atoms with Gasteiger partial charge >= 0.3 is 6.03 Å². The first-order valence-electron chi connectivity index (χ1n) is 7.98. The van der Waals surface area contributed by atoms with Gasteiger partial charge in [-0.3, -0.25) is 4.98 Å². The van der Waals surface area contributed by atoms with Gasteiger partial charge in [-0.1, -0.05) is 0 Å². The van der Waals surface area contributed by atoms with Crippen LogP contribution in [0.3, 0.4) is 0 Å². The van der Waals surface area contributed by atoms with Gasteiger partial charge in [0.1, 0.15) is 5.82 Å². The minimum Gasteiger partial charge on any atom is -0.331 e. The maximum absolute atomic E-state index is 12.1. The van der Waals surface area contributed by atoms with Crippen molar-refractivity contribution in [3.8, 4) is 11.4 Å². The van der Waals surface area contributed by atoms with Crippen LogP contribution in [0.4, 0.5) is 4.79 Å². The largest absolute Gasteiger partial charge is 0.331 e. The second-order valence-electron chi connectivity index (χ2n) is 6.22. The molecule has 0 unspecified atom stereocenters. The molecule has 0 aliphatic carbocycles. The smallest absolute Gasteiger partial charge is 0.319 e. The molecule has 1 saturated heterocycles. The number of pyridine rings is 1. The van der Waals surface area contributed by atoms with Gasteiger partial charge in [0.2, 0.25) is 0 Å². The molecule has 0 spiro atoms. The van der Waals surface area contributed by atoms with E-state index in [2.05, 4.69) is 21.5 Å². The standard InChI is InChI=1S/C17H23N5O/c1-13-12-19-16(14-4-8-18-9-5-14)22(13)15-6-10-21(11-7-15)17(23)20(2)3/h4-5,8-9,12,15H,6-7,10-11H2,1-3H3. The molecule has 0 atom stereocenters. The van der Waals surface area contributed by atoms with Gasteiger partial charge in [0.05, 0.1) is 0 Å². The van der Waals surface area contributed by atoms with Crippen LogP contribution in [0.15, 0.2) is 30.7 Å². The van der Waals surface area contributed by atoms with Crippen LogP contribution in [-0.4, -0.2) is 57.6 Å². The summed E-state index contributed by atoms with van der Waals surface area (Å²) in [5.41, 5.74) is 2.24. The van der Waals surface area contributed by atoms with Crippen molar-refractivity contribution in [3.05, 3.63) is 36.4 Å². The molecule has 2 aromatic heterocycles. The van der Waals surface area contributed by atoms with Gasteiger partial charge in [-0.25, -0.2) is 9.78 Å². The van der Waals surface area contributed by atoms with Crippen molar-refractivity contribution in [1.82, 2.24) is 24.3 Å². The zero-order chi connectivity index (χ0) is 16.4. The van der Waals surface area contributed by atoms with E-state index in [-0.39, 0.29) is 6.03 Å². The fourth-order valence-electron chi connectivity index (χ4n) is 3.22. The first-order valence-corrected chi connectivity index (χ1v) is 7.98. The monoisotopic (exact) mass is 313 g/mol. The van der Waals surface area contributed by atoms with E-state index in [9.17, 15) is 4.79 Å². The van der Waals surface area contributed by atoms with E-state index in [0.717, 1.165) is 43.0 Å². The summed E-state index contributed by atoms with van der Waals surface area (Å²) in [4.78, 5) is 24.3. The predicted octanol–water partition coefficient (Wildman–Crippen LogP) is 2.57. The van der Waals surface area contributed by atoms with E-state index in [1.165, 1.54) is 0 Å². The molecule has 1 fully saturated rings. The van der Waals surface area contributed by atoms with Crippen LogP contribution in [0.5, 0.6) is 0 Å². The Morgan fingerprint density at radius 3 is 2.48 bits per heavy atom. The first kappa shape index (κ1) is 15.5. The third-order valence-corrected chi connectivity index (χ3v) is 4.40. The average molecular weight is 313 g/mol. The van der Waals surface area contributed by atoms with E-state index in [0.29, 0.717) is 6.04 Å². The van der Waals surface area contributed by atoms with Crippen molar-refractivity contribution < 1.29 is 4.79 Å². The van der Waals surface area contributed by atoms with Crippen LogP contribution in [0.1, 0.15) is 24.6 Å². The summed E-state index contributed by atoms with van der Waals surface area (Å²) in [5.74, 6) is 0.988. The van der Waals surface area contributed by atoms with Gasteiger partial charge < -0.3 is 14.4 Å². The number of aromatic nitrogens is 3. The number of carbonyl (C=O) groups excluding carboxylic acids is 1. The molecule has 0 bridgehead atoms. The molecule has 2 aromatic rings. The normalized spacial score (nSPS) is 15.7. The number of hydrogen-bond acceptors (Lipinski definition) is 3. The zero-order valence-corrected chi connectivity index (χ0v) is 13.9. The Balaban J connectivity index is 1.79. The number of amides is 2. The molecule has 3 rings (SSSR count). The Morgan fingerprint density at radius 2 is 1.87 bits per heavy atom. The molecule has 3 heterocycles. The van der Waals surface area contributed by atoms with E-state index < -0.39 is 0 Å². The number of likely N-dealkylation sites (tertiary alicyclic amines) is 1. The molecule has 23 heavy (non-hydrogen) atoms. The Morgan fingerprint density at radius 1 is 1.22 bits per heavy atom. The highest BCUT2D eigenvalue weighted by atomic mass is 16.2. The molecule has 0 radical (unpaired) electrons. The fraction of sp³-hybridized carbons (Fsp3) is 0.471. The summed E-state index contributed by atoms with van der Waals surface area (Å²) in [5, 5.41) is 0. The van der Waals surface area contributed by atoms with Gasteiger partial charge in [-0.05, 0) is 31.9 Å². The molecule has 0 aromatic carbocycles. The summed E-state index contributed by atoms with van der Waals surface area (Å²) in [7, 11) is 3.60. The fourth-order valence-corrected chi connectivity index (χ4v) is 3.22. The summed E-state index contributed by atoms with van der Waals surface area (Å²) < 4.78 is 2.31. The number of nitrogens with zero attached hydrogens (tertiary/aromatic N) is 5. The van der Waals surface area contributed by atoms with Crippen LogP contribution in [0, 0.1) is 6.92 Å². The van der Waals surface area contributed by atoms with E-state index in [1.54, 1.807) is 31.4 Å². The molecule has 6 nitrogen and oxygen atoms in total. The summed E-state index contributed by atoms with van der Waals surface area (Å²) >= 11 is 0. The second-order valence-corrected chi connectivity index (χ2v) is 6.22. The Labute approximate surface area is 136 Å². The van der Waals surface area contributed by atoms with Crippen molar-refractivity contribution in [2.75, 3.05) is 27.2 Å². The van der Waals surface area contributed by atoms with Crippen LogP contribution in [0.25, 0.3) is 11.4 Å². The lowest BCUT2D eigenvalue weighted by molar-refractivity contribution is 0.148. The van der Waals surface area contributed by atoms with Crippen molar-refractivity contribution in [1.29, 1.82) is 0 Å². The van der Waals surface area contributed by atoms with Gasteiger partial charge in [0.15, 0.2) is 0 Å². The summed E-state index contributed by atoms with van der Waals surface area (Å²) in [6.07, 6.45) is 7.42. The highest BCUT2D eigenvalue weighted by Gasteiger charge is 2.27. The topological polar surface area (TPSA) is 54.3 Å². The zero-order valence-electron chi connectivity index (χ0n) is 13.9. The molecule has 2 amide bonds. The van der Waals surface area contributed by atoms with Gasteiger partial charge in [0.25, 0.3) is 0 Å². The number of aryl methyl sites for hydroxylation is 1. The molecule has 122 valence electrons. The van der Waals surface area contributed by atoms with Gasteiger partial charge in [-0.2, -0.15) is 0 Å². The van der Waals surface area contributed by atoms with Gasteiger partial charge in [0, 0.05) is 63.1 Å². The lowest BCUT2D eigenvalue weighted by Crippen LogP contribution is -2.44. The van der Waals surface area contributed by atoms with Crippen LogP contribution in [0.2, 0.25) is 0 Å². The molecular formula is C17H23N5O. The van der Waals surface area contributed by atoms with Crippen LogP contribution in [-0.2, 0) is 0 Å². The van der Waals surface area contributed by atoms with Crippen molar-refractivity contribution in [2.24, 2.45) is 0 Å². The van der Waals surface area contributed by atoms with Crippen molar-refractivity contribution in [2.45, 2.75) is 25.8 Å². The number of imidazole rings is 1.